The first kappa shape index (κ1) is 17.2. The van der Waals surface area contributed by atoms with Crippen molar-refractivity contribution in [2.24, 2.45) is 0 Å². The summed E-state index contributed by atoms with van der Waals surface area (Å²) in [6.07, 6.45) is 0. The second-order valence-corrected chi connectivity index (χ2v) is 6.20. The van der Waals surface area contributed by atoms with Crippen molar-refractivity contribution >= 4 is 0 Å². The van der Waals surface area contributed by atoms with Gasteiger partial charge in [0.15, 0.2) is 0 Å². The fourth-order valence-electron chi connectivity index (χ4n) is 2.67. The lowest BCUT2D eigenvalue weighted by Gasteiger charge is -2.24. The summed E-state index contributed by atoms with van der Waals surface area (Å²) < 4.78 is 10.9. The molecule has 5 nitrogen and oxygen atoms in total. The summed E-state index contributed by atoms with van der Waals surface area (Å²) in [4.78, 5) is 6.85. The van der Waals surface area contributed by atoms with Crippen LogP contribution in [0.1, 0.15) is 25.3 Å². The number of rotatable bonds is 7. The Hall–Kier alpha value is -2.66. The topological polar surface area (TPSA) is 51.4 Å². The van der Waals surface area contributed by atoms with Gasteiger partial charge in [0, 0.05) is 12.6 Å². The minimum absolute atomic E-state index is 0.363. The highest BCUT2D eigenvalue weighted by Gasteiger charge is 2.17. The van der Waals surface area contributed by atoms with E-state index in [9.17, 15) is 0 Å². The lowest BCUT2D eigenvalue weighted by molar-refractivity contribution is 0.176. The van der Waals surface area contributed by atoms with Crippen LogP contribution >= 0.6 is 0 Å². The molecule has 0 atom stereocenters. The summed E-state index contributed by atoms with van der Waals surface area (Å²) >= 11 is 0. The molecule has 0 bridgehead atoms. The van der Waals surface area contributed by atoms with Crippen LogP contribution in [0.25, 0.3) is 11.4 Å². The molecule has 0 fully saturated rings. The van der Waals surface area contributed by atoms with Crippen molar-refractivity contribution in [2.45, 2.75) is 33.0 Å². The second kappa shape index (κ2) is 7.94. The third-order valence-electron chi connectivity index (χ3n) is 4.11. The maximum absolute atomic E-state index is 5.48. The minimum Gasteiger partial charge on any atom is -0.496 e. The van der Waals surface area contributed by atoms with Crippen molar-refractivity contribution in [2.75, 3.05) is 7.11 Å². The zero-order valence-electron chi connectivity index (χ0n) is 14.8. The fourth-order valence-corrected chi connectivity index (χ4v) is 2.67. The summed E-state index contributed by atoms with van der Waals surface area (Å²) in [7, 11) is 1.64. The normalized spacial score (nSPS) is 11.2. The molecule has 0 amide bonds. The van der Waals surface area contributed by atoms with E-state index >= 15 is 0 Å². The van der Waals surface area contributed by atoms with E-state index in [-0.39, 0.29) is 0 Å². The highest BCUT2D eigenvalue weighted by atomic mass is 16.5. The van der Waals surface area contributed by atoms with E-state index < -0.39 is 0 Å². The first-order valence-electron chi connectivity index (χ1n) is 8.41. The highest BCUT2D eigenvalue weighted by molar-refractivity contribution is 5.63. The molecule has 0 saturated heterocycles. The maximum Gasteiger partial charge on any atom is 0.241 e. The molecule has 0 aliphatic rings. The highest BCUT2D eigenvalue weighted by Crippen LogP contribution is 2.27. The van der Waals surface area contributed by atoms with Gasteiger partial charge in [0.2, 0.25) is 11.7 Å². The molecule has 3 aromatic rings. The number of nitrogens with zero attached hydrogens (tertiary/aromatic N) is 3. The SMILES string of the molecule is COc1ccccc1-c1noc(CN(Cc2ccccc2)C(C)C)n1. The fraction of sp³-hybridized carbons (Fsp3) is 0.300. The molecule has 0 saturated carbocycles. The lowest BCUT2D eigenvalue weighted by Crippen LogP contribution is -2.29. The lowest BCUT2D eigenvalue weighted by atomic mass is 10.2. The van der Waals surface area contributed by atoms with E-state index in [0.29, 0.717) is 24.3 Å². The zero-order chi connectivity index (χ0) is 17.6. The summed E-state index contributed by atoms with van der Waals surface area (Å²) in [6, 6.07) is 18.4. The largest absolute Gasteiger partial charge is 0.496 e. The predicted molar refractivity (Wildman–Crippen MR) is 97.1 cm³/mol. The average molecular weight is 337 g/mol. The summed E-state index contributed by atoms with van der Waals surface area (Å²) in [5.74, 6) is 1.89. The van der Waals surface area contributed by atoms with Crippen LogP contribution in [0, 0.1) is 0 Å². The van der Waals surface area contributed by atoms with E-state index in [1.165, 1.54) is 5.56 Å². The van der Waals surface area contributed by atoms with Crippen molar-refractivity contribution in [1.82, 2.24) is 15.0 Å². The van der Waals surface area contributed by atoms with Gasteiger partial charge in [-0.1, -0.05) is 47.6 Å². The number of ether oxygens (including phenoxy) is 1. The molecule has 25 heavy (non-hydrogen) atoms. The molecule has 0 N–H and O–H groups in total. The Bertz CT molecular complexity index is 799. The molecule has 0 aliphatic carbocycles. The van der Waals surface area contributed by atoms with Crippen LogP contribution < -0.4 is 4.74 Å². The third-order valence-corrected chi connectivity index (χ3v) is 4.11. The van der Waals surface area contributed by atoms with Gasteiger partial charge in [0.05, 0.1) is 19.2 Å². The third kappa shape index (κ3) is 4.25. The standard InChI is InChI=1S/C20H23N3O2/c1-15(2)23(13-16-9-5-4-6-10-16)14-19-21-20(22-25-19)17-11-7-8-12-18(17)24-3/h4-12,15H,13-14H2,1-3H3. The number of para-hydroxylation sites is 1. The Balaban J connectivity index is 1.77. The Labute approximate surface area is 148 Å². The predicted octanol–water partition coefficient (Wildman–Crippen LogP) is 4.16. The molecule has 5 heteroatoms. The van der Waals surface area contributed by atoms with Crippen LogP contribution in [0.3, 0.4) is 0 Å². The van der Waals surface area contributed by atoms with E-state index in [0.717, 1.165) is 17.9 Å². The van der Waals surface area contributed by atoms with Crippen molar-refractivity contribution in [3.05, 3.63) is 66.1 Å². The van der Waals surface area contributed by atoms with Crippen LogP contribution in [0.4, 0.5) is 0 Å². The molecule has 0 aliphatic heterocycles. The summed E-state index contributed by atoms with van der Waals surface area (Å²) in [5.41, 5.74) is 2.10. The number of methoxy groups -OCH3 is 1. The number of hydrogen-bond donors (Lipinski definition) is 0. The summed E-state index contributed by atoms with van der Waals surface area (Å²) in [6.45, 7) is 5.78. The number of benzene rings is 2. The van der Waals surface area contributed by atoms with Gasteiger partial charge in [-0.25, -0.2) is 0 Å². The van der Waals surface area contributed by atoms with Gasteiger partial charge in [0.25, 0.3) is 0 Å². The van der Waals surface area contributed by atoms with Gasteiger partial charge in [-0.05, 0) is 31.5 Å². The van der Waals surface area contributed by atoms with Gasteiger partial charge < -0.3 is 9.26 Å². The Morgan fingerprint density at radius 2 is 1.72 bits per heavy atom. The van der Waals surface area contributed by atoms with Gasteiger partial charge in [0.1, 0.15) is 5.75 Å². The van der Waals surface area contributed by atoms with Crippen LogP contribution in [-0.2, 0) is 13.1 Å². The molecule has 1 aromatic heterocycles. The maximum atomic E-state index is 5.48. The number of aromatic nitrogens is 2. The first-order valence-corrected chi connectivity index (χ1v) is 8.41. The van der Waals surface area contributed by atoms with Crippen LogP contribution in [0.15, 0.2) is 59.1 Å². The van der Waals surface area contributed by atoms with Crippen molar-refractivity contribution in [1.29, 1.82) is 0 Å². The van der Waals surface area contributed by atoms with Crippen molar-refractivity contribution < 1.29 is 9.26 Å². The first-order chi connectivity index (χ1) is 12.2. The van der Waals surface area contributed by atoms with Gasteiger partial charge in [-0.15, -0.1) is 0 Å². The smallest absolute Gasteiger partial charge is 0.241 e. The molecule has 1 heterocycles. The van der Waals surface area contributed by atoms with Crippen LogP contribution in [0.2, 0.25) is 0 Å². The average Bonchev–Trinajstić information content (AvgIpc) is 3.10. The molecule has 0 radical (unpaired) electrons. The van der Waals surface area contributed by atoms with Crippen LogP contribution in [0.5, 0.6) is 5.75 Å². The van der Waals surface area contributed by atoms with E-state index in [4.69, 9.17) is 9.26 Å². The minimum atomic E-state index is 0.363. The molecular weight excluding hydrogens is 314 g/mol. The van der Waals surface area contributed by atoms with Crippen LogP contribution in [-0.4, -0.2) is 28.2 Å². The van der Waals surface area contributed by atoms with Gasteiger partial charge in [-0.3, -0.25) is 4.90 Å². The van der Waals surface area contributed by atoms with Gasteiger partial charge in [-0.2, -0.15) is 4.98 Å². The monoisotopic (exact) mass is 337 g/mol. The molecule has 0 spiro atoms. The van der Waals surface area contributed by atoms with Crippen molar-refractivity contribution in [3.8, 4) is 17.1 Å². The quantitative estimate of drug-likeness (QED) is 0.648. The Kier molecular flexibility index (Phi) is 5.46. The summed E-state index contributed by atoms with van der Waals surface area (Å²) in [5, 5.41) is 4.12. The van der Waals surface area contributed by atoms with Crippen molar-refractivity contribution in [3.63, 3.8) is 0 Å². The molecule has 130 valence electrons. The van der Waals surface area contributed by atoms with E-state index in [1.807, 2.05) is 30.3 Å². The van der Waals surface area contributed by atoms with E-state index in [2.05, 4.69) is 53.2 Å². The molecule has 3 rings (SSSR count). The molecule has 0 unspecified atom stereocenters. The Morgan fingerprint density at radius 1 is 1.00 bits per heavy atom. The second-order valence-electron chi connectivity index (χ2n) is 6.20. The number of hydrogen-bond acceptors (Lipinski definition) is 5. The Morgan fingerprint density at radius 3 is 2.44 bits per heavy atom. The molecular formula is C20H23N3O2. The van der Waals surface area contributed by atoms with E-state index in [1.54, 1.807) is 7.11 Å². The molecule has 2 aromatic carbocycles. The zero-order valence-corrected chi connectivity index (χ0v) is 14.8. The van der Waals surface area contributed by atoms with Gasteiger partial charge >= 0.3 is 0 Å².